The standard InChI is InChI=1S/C7H6N4S/c8-5-1-2-6(9-3-5)7-11-10-4-12-7/h1-4H,8H2. The SMILES string of the molecule is Nc1ccc(-c2nncs2)nc1. The van der Waals surface area contributed by atoms with E-state index >= 15 is 0 Å². The molecule has 2 rings (SSSR count). The summed E-state index contributed by atoms with van der Waals surface area (Å²) in [6, 6.07) is 3.62. The van der Waals surface area contributed by atoms with Crippen molar-refractivity contribution in [3.63, 3.8) is 0 Å². The lowest BCUT2D eigenvalue weighted by atomic mass is 10.3. The molecule has 0 saturated heterocycles. The Balaban J connectivity index is 2.43. The predicted molar refractivity (Wildman–Crippen MR) is 47.6 cm³/mol. The first-order valence-corrected chi connectivity index (χ1v) is 4.22. The van der Waals surface area contributed by atoms with Gasteiger partial charge in [-0.25, -0.2) is 0 Å². The molecule has 0 bridgehead atoms. The lowest BCUT2D eigenvalue weighted by Crippen LogP contribution is -1.87. The minimum absolute atomic E-state index is 0.656. The molecule has 12 heavy (non-hydrogen) atoms. The number of aromatic nitrogens is 3. The van der Waals surface area contributed by atoms with Crippen molar-refractivity contribution in [3.05, 3.63) is 23.8 Å². The van der Waals surface area contributed by atoms with E-state index < -0.39 is 0 Å². The predicted octanol–water partition coefficient (Wildman–Crippen LogP) is 1.18. The molecule has 0 atom stereocenters. The van der Waals surface area contributed by atoms with Crippen molar-refractivity contribution in [2.75, 3.05) is 5.73 Å². The van der Waals surface area contributed by atoms with Gasteiger partial charge in [0.1, 0.15) is 11.2 Å². The molecule has 2 N–H and O–H groups in total. The second-order valence-corrected chi connectivity index (χ2v) is 3.05. The summed E-state index contributed by atoms with van der Waals surface area (Å²) in [5.74, 6) is 0. The van der Waals surface area contributed by atoms with Crippen molar-refractivity contribution >= 4 is 17.0 Å². The Kier molecular flexibility index (Phi) is 1.71. The van der Waals surface area contributed by atoms with E-state index in [4.69, 9.17) is 5.73 Å². The number of anilines is 1. The van der Waals surface area contributed by atoms with Gasteiger partial charge in [-0.3, -0.25) is 4.98 Å². The van der Waals surface area contributed by atoms with Gasteiger partial charge in [-0.2, -0.15) is 0 Å². The van der Waals surface area contributed by atoms with Crippen molar-refractivity contribution in [1.82, 2.24) is 15.2 Å². The van der Waals surface area contributed by atoms with E-state index in [1.165, 1.54) is 11.3 Å². The third-order valence-electron chi connectivity index (χ3n) is 1.37. The van der Waals surface area contributed by atoms with Crippen molar-refractivity contribution in [2.45, 2.75) is 0 Å². The molecule has 0 spiro atoms. The molecule has 0 radical (unpaired) electrons. The van der Waals surface area contributed by atoms with Gasteiger partial charge in [0.05, 0.1) is 11.9 Å². The van der Waals surface area contributed by atoms with Gasteiger partial charge in [0, 0.05) is 0 Å². The van der Waals surface area contributed by atoms with E-state index in [0.29, 0.717) is 5.69 Å². The van der Waals surface area contributed by atoms with Crippen molar-refractivity contribution in [1.29, 1.82) is 0 Å². The maximum absolute atomic E-state index is 5.48. The number of hydrogen-bond donors (Lipinski definition) is 1. The van der Waals surface area contributed by atoms with Gasteiger partial charge in [-0.1, -0.05) is 11.3 Å². The molecule has 60 valence electrons. The van der Waals surface area contributed by atoms with Gasteiger partial charge < -0.3 is 5.73 Å². The van der Waals surface area contributed by atoms with Crippen LogP contribution in [-0.4, -0.2) is 15.2 Å². The third kappa shape index (κ3) is 1.26. The molecule has 0 aliphatic carbocycles. The smallest absolute Gasteiger partial charge is 0.166 e. The fourth-order valence-electron chi connectivity index (χ4n) is 0.816. The number of nitrogen functional groups attached to an aromatic ring is 1. The van der Waals surface area contributed by atoms with Gasteiger partial charge in [0.15, 0.2) is 5.01 Å². The second-order valence-electron chi connectivity index (χ2n) is 2.22. The molecule has 2 aromatic rings. The molecule has 0 saturated carbocycles. The van der Waals surface area contributed by atoms with Crippen LogP contribution in [0.25, 0.3) is 10.7 Å². The molecule has 0 amide bonds. The highest BCUT2D eigenvalue weighted by molar-refractivity contribution is 7.12. The Bertz CT molecular complexity index is 353. The number of nitrogens with two attached hydrogens (primary N) is 1. The Morgan fingerprint density at radius 2 is 2.25 bits per heavy atom. The summed E-state index contributed by atoms with van der Waals surface area (Å²) in [6.45, 7) is 0. The Morgan fingerprint density at radius 1 is 1.33 bits per heavy atom. The summed E-state index contributed by atoms with van der Waals surface area (Å²) in [6.07, 6.45) is 1.61. The summed E-state index contributed by atoms with van der Waals surface area (Å²) in [7, 11) is 0. The molecule has 0 fully saturated rings. The summed E-state index contributed by atoms with van der Waals surface area (Å²) in [4.78, 5) is 4.10. The highest BCUT2D eigenvalue weighted by Gasteiger charge is 2.00. The molecular weight excluding hydrogens is 172 g/mol. The van der Waals surface area contributed by atoms with Crippen molar-refractivity contribution in [3.8, 4) is 10.7 Å². The van der Waals surface area contributed by atoms with Crippen molar-refractivity contribution < 1.29 is 0 Å². The normalized spacial score (nSPS) is 10.0. The van der Waals surface area contributed by atoms with Gasteiger partial charge in [0.2, 0.25) is 0 Å². The summed E-state index contributed by atoms with van der Waals surface area (Å²) in [5.41, 5.74) is 8.63. The topological polar surface area (TPSA) is 64.7 Å². The number of rotatable bonds is 1. The van der Waals surface area contributed by atoms with Crippen LogP contribution >= 0.6 is 11.3 Å². The molecule has 0 unspecified atom stereocenters. The first-order chi connectivity index (χ1) is 5.86. The maximum atomic E-state index is 5.48. The van der Waals surface area contributed by atoms with E-state index in [0.717, 1.165) is 10.7 Å². The molecule has 2 aromatic heterocycles. The number of hydrogen-bond acceptors (Lipinski definition) is 5. The van der Waals surface area contributed by atoms with Crippen LogP contribution in [0.5, 0.6) is 0 Å². The minimum atomic E-state index is 0.656. The lowest BCUT2D eigenvalue weighted by Gasteiger charge is -1.93. The zero-order valence-corrected chi connectivity index (χ0v) is 6.95. The summed E-state index contributed by atoms with van der Waals surface area (Å²) in [5, 5.41) is 8.41. The van der Waals surface area contributed by atoms with Gasteiger partial charge >= 0.3 is 0 Å². The minimum Gasteiger partial charge on any atom is -0.397 e. The van der Waals surface area contributed by atoms with Crippen LogP contribution in [-0.2, 0) is 0 Å². The van der Waals surface area contributed by atoms with Crippen LogP contribution in [0.3, 0.4) is 0 Å². The van der Waals surface area contributed by atoms with E-state index in [9.17, 15) is 0 Å². The highest BCUT2D eigenvalue weighted by Crippen LogP contribution is 2.17. The summed E-state index contributed by atoms with van der Waals surface area (Å²) >= 11 is 1.46. The van der Waals surface area contributed by atoms with E-state index in [1.54, 1.807) is 17.8 Å². The fraction of sp³-hybridized carbons (Fsp3) is 0. The fourth-order valence-corrected chi connectivity index (χ4v) is 1.35. The maximum Gasteiger partial charge on any atom is 0.166 e. The average Bonchev–Trinajstić information content (AvgIpc) is 2.58. The van der Waals surface area contributed by atoms with Crippen LogP contribution in [0.2, 0.25) is 0 Å². The molecule has 0 aliphatic rings. The van der Waals surface area contributed by atoms with Gasteiger partial charge in [-0.05, 0) is 12.1 Å². The molecular formula is C7H6N4S. The van der Waals surface area contributed by atoms with Crippen LogP contribution in [0.15, 0.2) is 23.8 Å². The second kappa shape index (κ2) is 2.86. The quantitative estimate of drug-likeness (QED) is 0.712. The monoisotopic (exact) mass is 178 g/mol. The molecule has 2 heterocycles. The average molecular weight is 178 g/mol. The lowest BCUT2D eigenvalue weighted by molar-refractivity contribution is 1.09. The van der Waals surface area contributed by atoms with Crippen LogP contribution in [0.4, 0.5) is 5.69 Å². The third-order valence-corrected chi connectivity index (χ3v) is 2.08. The van der Waals surface area contributed by atoms with Crippen LogP contribution in [0, 0.1) is 0 Å². The highest BCUT2D eigenvalue weighted by atomic mass is 32.1. The molecule has 0 aliphatic heterocycles. The zero-order chi connectivity index (χ0) is 8.39. The zero-order valence-electron chi connectivity index (χ0n) is 6.14. The van der Waals surface area contributed by atoms with Crippen LogP contribution < -0.4 is 5.73 Å². The Labute approximate surface area is 73.1 Å². The van der Waals surface area contributed by atoms with E-state index in [2.05, 4.69) is 15.2 Å². The largest absolute Gasteiger partial charge is 0.397 e. The molecule has 4 nitrogen and oxygen atoms in total. The van der Waals surface area contributed by atoms with E-state index in [-0.39, 0.29) is 0 Å². The molecule has 0 aromatic carbocycles. The van der Waals surface area contributed by atoms with Crippen molar-refractivity contribution in [2.24, 2.45) is 0 Å². The van der Waals surface area contributed by atoms with Crippen LogP contribution in [0.1, 0.15) is 0 Å². The van der Waals surface area contributed by atoms with E-state index in [1.807, 2.05) is 6.07 Å². The Morgan fingerprint density at radius 3 is 2.83 bits per heavy atom. The first-order valence-electron chi connectivity index (χ1n) is 3.34. The first kappa shape index (κ1) is 7.17. The van der Waals surface area contributed by atoms with Gasteiger partial charge in [-0.15, -0.1) is 10.2 Å². The number of pyridine rings is 1. The number of nitrogens with zero attached hydrogens (tertiary/aromatic N) is 3. The molecule has 5 heteroatoms. The Hall–Kier alpha value is -1.49. The van der Waals surface area contributed by atoms with Gasteiger partial charge in [0.25, 0.3) is 0 Å². The summed E-state index contributed by atoms with van der Waals surface area (Å²) < 4.78 is 0.